The van der Waals surface area contributed by atoms with E-state index >= 15 is 0 Å². The number of rotatable bonds is 4. The summed E-state index contributed by atoms with van der Waals surface area (Å²) < 4.78 is 16.5. The van der Waals surface area contributed by atoms with Crippen molar-refractivity contribution in [1.82, 2.24) is 10.5 Å². The van der Waals surface area contributed by atoms with Crippen LogP contribution in [-0.2, 0) is 0 Å². The van der Waals surface area contributed by atoms with Crippen LogP contribution in [0.1, 0.15) is 34.6 Å². The highest BCUT2D eigenvalue weighted by Crippen LogP contribution is 2.33. The predicted molar refractivity (Wildman–Crippen MR) is 100.0 cm³/mol. The minimum Gasteiger partial charge on any atom is -0.486 e. The lowest BCUT2D eigenvalue weighted by molar-refractivity contribution is 0.0938. The average molecular weight is 364 g/mol. The molecule has 4 rings (SSSR count). The van der Waals surface area contributed by atoms with Crippen LogP contribution < -0.4 is 14.8 Å². The molecule has 0 radical (unpaired) electrons. The fourth-order valence-corrected chi connectivity index (χ4v) is 3.11. The highest BCUT2D eigenvalue weighted by Gasteiger charge is 2.23. The Morgan fingerprint density at radius 3 is 2.59 bits per heavy atom. The zero-order chi connectivity index (χ0) is 18.8. The van der Waals surface area contributed by atoms with Crippen molar-refractivity contribution in [2.24, 2.45) is 0 Å². The summed E-state index contributed by atoms with van der Waals surface area (Å²) in [5.41, 5.74) is 2.76. The summed E-state index contributed by atoms with van der Waals surface area (Å²) in [7, 11) is 0. The fourth-order valence-electron chi connectivity index (χ4n) is 3.11. The van der Waals surface area contributed by atoms with Gasteiger partial charge in [-0.2, -0.15) is 0 Å². The molecule has 1 aromatic heterocycles. The van der Waals surface area contributed by atoms with E-state index in [9.17, 15) is 4.79 Å². The van der Waals surface area contributed by atoms with E-state index in [1.807, 2.05) is 55.5 Å². The van der Waals surface area contributed by atoms with Gasteiger partial charge < -0.3 is 19.3 Å². The van der Waals surface area contributed by atoms with E-state index < -0.39 is 0 Å². The van der Waals surface area contributed by atoms with Gasteiger partial charge in [-0.25, -0.2) is 0 Å². The Kier molecular flexibility index (Phi) is 4.54. The Bertz CT molecular complexity index is 966. The van der Waals surface area contributed by atoms with Crippen LogP contribution in [0.3, 0.4) is 0 Å². The van der Waals surface area contributed by atoms with E-state index in [0.717, 1.165) is 16.9 Å². The molecule has 27 heavy (non-hydrogen) atoms. The van der Waals surface area contributed by atoms with Crippen LogP contribution >= 0.6 is 0 Å². The number of carbonyl (C=O) groups excluding carboxylic acids is 1. The Morgan fingerprint density at radius 2 is 1.81 bits per heavy atom. The highest BCUT2D eigenvalue weighted by atomic mass is 16.6. The lowest BCUT2D eigenvalue weighted by Crippen LogP contribution is -2.27. The van der Waals surface area contributed by atoms with Crippen LogP contribution in [0.4, 0.5) is 0 Å². The van der Waals surface area contributed by atoms with E-state index in [-0.39, 0.29) is 11.9 Å². The normalized spacial score (nSPS) is 13.9. The number of ether oxygens (including phenoxy) is 2. The number of fused-ring (bicyclic) bond motifs is 1. The van der Waals surface area contributed by atoms with Gasteiger partial charge >= 0.3 is 0 Å². The third-order valence-electron chi connectivity index (χ3n) is 4.55. The first-order chi connectivity index (χ1) is 13.1. The van der Waals surface area contributed by atoms with Gasteiger partial charge in [0.1, 0.15) is 30.2 Å². The third-order valence-corrected chi connectivity index (χ3v) is 4.55. The number of nitrogens with zero attached hydrogens (tertiary/aromatic N) is 1. The number of nitrogens with one attached hydrogen (secondary N) is 1. The second-order valence-electron chi connectivity index (χ2n) is 6.43. The van der Waals surface area contributed by atoms with Crippen molar-refractivity contribution >= 4 is 5.91 Å². The molecule has 0 saturated heterocycles. The van der Waals surface area contributed by atoms with Crippen molar-refractivity contribution in [2.75, 3.05) is 13.2 Å². The van der Waals surface area contributed by atoms with Gasteiger partial charge in [-0.05, 0) is 31.5 Å². The van der Waals surface area contributed by atoms with Gasteiger partial charge in [-0.15, -0.1) is 0 Å². The molecular weight excluding hydrogens is 344 g/mol. The van der Waals surface area contributed by atoms with E-state index in [1.54, 1.807) is 6.92 Å². The molecule has 2 aromatic carbocycles. The molecule has 1 N–H and O–H groups in total. The van der Waals surface area contributed by atoms with E-state index in [2.05, 4.69) is 10.5 Å². The van der Waals surface area contributed by atoms with E-state index in [4.69, 9.17) is 14.0 Å². The van der Waals surface area contributed by atoms with Gasteiger partial charge in [0.05, 0.1) is 6.04 Å². The van der Waals surface area contributed by atoms with Crippen LogP contribution in [0.5, 0.6) is 11.5 Å². The number of benzene rings is 2. The second kappa shape index (κ2) is 7.15. The summed E-state index contributed by atoms with van der Waals surface area (Å²) in [4.78, 5) is 12.9. The molecule has 0 fully saturated rings. The van der Waals surface area contributed by atoms with Gasteiger partial charge in [0.15, 0.2) is 11.5 Å². The average Bonchev–Trinajstić information content (AvgIpc) is 3.09. The summed E-state index contributed by atoms with van der Waals surface area (Å²) in [5.74, 6) is 1.69. The first kappa shape index (κ1) is 17.1. The molecule has 0 spiro atoms. The molecule has 0 saturated carbocycles. The monoisotopic (exact) mass is 364 g/mol. The van der Waals surface area contributed by atoms with Crippen LogP contribution in [0.15, 0.2) is 53.1 Å². The van der Waals surface area contributed by atoms with Crippen LogP contribution in [0, 0.1) is 6.92 Å². The smallest absolute Gasteiger partial charge is 0.257 e. The van der Waals surface area contributed by atoms with Gasteiger partial charge in [0, 0.05) is 5.56 Å². The largest absolute Gasteiger partial charge is 0.486 e. The quantitative estimate of drug-likeness (QED) is 0.760. The van der Waals surface area contributed by atoms with Gasteiger partial charge in [0.2, 0.25) is 0 Å². The van der Waals surface area contributed by atoms with Crippen molar-refractivity contribution < 1.29 is 18.8 Å². The van der Waals surface area contributed by atoms with Gasteiger partial charge in [0.25, 0.3) is 5.91 Å². The lowest BCUT2D eigenvalue weighted by atomic mass is 10.0. The highest BCUT2D eigenvalue weighted by molar-refractivity contribution is 6.00. The number of amides is 1. The molecular formula is C21H20N2O4. The molecule has 1 amide bonds. The maximum atomic E-state index is 12.9. The zero-order valence-electron chi connectivity index (χ0n) is 15.2. The second-order valence-corrected chi connectivity index (χ2v) is 6.43. The molecule has 3 aromatic rings. The molecule has 6 nitrogen and oxygen atoms in total. The SMILES string of the molecule is Cc1onc(-c2ccccc2)c1C(=O)NC(C)c1ccc2c(c1)OCCO2. The van der Waals surface area contributed by atoms with Crippen molar-refractivity contribution in [3.05, 3.63) is 65.4 Å². The topological polar surface area (TPSA) is 73.6 Å². The molecule has 0 bridgehead atoms. The molecule has 2 heterocycles. The number of hydrogen-bond acceptors (Lipinski definition) is 5. The number of hydrogen-bond donors (Lipinski definition) is 1. The fraction of sp³-hybridized carbons (Fsp3) is 0.238. The summed E-state index contributed by atoms with van der Waals surface area (Å²) in [5, 5.41) is 7.09. The Hall–Kier alpha value is -3.28. The van der Waals surface area contributed by atoms with Crippen LogP contribution in [0.25, 0.3) is 11.3 Å². The standard InChI is InChI=1S/C21H20N2O4/c1-13(16-8-9-17-18(12-16)26-11-10-25-17)22-21(24)19-14(2)27-23-20(19)15-6-4-3-5-7-15/h3-9,12-13H,10-11H2,1-2H3,(H,22,24). The molecule has 1 aliphatic rings. The van der Waals surface area contributed by atoms with Crippen molar-refractivity contribution in [2.45, 2.75) is 19.9 Å². The number of aryl methyl sites for hydroxylation is 1. The van der Waals surface area contributed by atoms with Crippen LogP contribution in [0.2, 0.25) is 0 Å². The van der Waals surface area contributed by atoms with E-state index in [1.165, 1.54) is 0 Å². The lowest BCUT2D eigenvalue weighted by Gasteiger charge is -2.21. The van der Waals surface area contributed by atoms with Crippen molar-refractivity contribution in [3.63, 3.8) is 0 Å². The molecule has 1 aliphatic heterocycles. The summed E-state index contributed by atoms with van der Waals surface area (Å²) in [6, 6.07) is 15.0. The molecule has 138 valence electrons. The van der Waals surface area contributed by atoms with Gasteiger partial charge in [-0.3, -0.25) is 4.79 Å². The summed E-state index contributed by atoms with van der Waals surface area (Å²) in [6.45, 7) is 4.74. The molecule has 1 unspecified atom stereocenters. The number of aromatic nitrogens is 1. The summed E-state index contributed by atoms with van der Waals surface area (Å²) >= 11 is 0. The first-order valence-corrected chi connectivity index (χ1v) is 8.85. The third kappa shape index (κ3) is 3.38. The summed E-state index contributed by atoms with van der Waals surface area (Å²) in [6.07, 6.45) is 0. The van der Waals surface area contributed by atoms with Gasteiger partial charge in [-0.1, -0.05) is 41.6 Å². The zero-order valence-corrected chi connectivity index (χ0v) is 15.2. The maximum Gasteiger partial charge on any atom is 0.257 e. The Balaban J connectivity index is 1.57. The van der Waals surface area contributed by atoms with Crippen molar-refractivity contribution in [3.8, 4) is 22.8 Å². The number of carbonyl (C=O) groups is 1. The maximum absolute atomic E-state index is 12.9. The molecule has 0 aliphatic carbocycles. The van der Waals surface area contributed by atoms with Crippen LogP contribution in [-0.4, -0.2) is 24.3 Å². The van der Waals surface area contributed by atoms with E-state index in [0.29, 0.717) is 36.0 Å². The van der Waals surface area contributed by atoms with Crippen molar-refractivity contribution in [1.29, 1.82) is 0 Å². The first-order valence-electron chi connectivity index (χ1n) is 8.85. The molecule has 1 atom stereocenters. The predicted octanol–water partition coefficient (Wildman–Crippen LogP) is 3.91. The minimum absolute atomic E-state index is 0.216. The minimum atomic E-state index is -0.227. The molecule has 6 heteroatoms. The Labute approximate surface area is 157 Å². The Morgan fingerprint density at radius 1 is 1.07 bits per heavy atom.